The van der Waals surface area contributed by atoms with Crippen molar-refractivity contribution >= 4 is 12.4 Å². The van der Waals surface area contributed by atoms with Crippen LogP contribution >= 0.6 is 12.4 Å². The van der Waals surface area contributed by atoms with Crippen molar-refractivity contribution in [3.05, 3.63) is 0 Å². The first-order valence-corrected chi connectivity index (χ1v) is 6.39. The molecule has 1 N–H and O–H groups in total. The maximum absolute atomic E-state index is 13.3. The molecule has 2 rings (SSSR count). The fraction of sp³-hybridized carbons (Fsp3) is 1.00. The van der Waals surface area contributed by atoms with Gasteiger partial charge in [-0.05, 0) is 25.7 Å². The molecule has 0 aromatic rings. The highest BCUT2D eigenvalue weighted by Gasteiger charge is 2.37. The molecular weight excluding hydrogens is 246 g/mol. The van der Waals surface area contributed by atoms with E-state index in [1.165, 1.54) is 0 Å². The van der Waals surface area contributed by atoms with Crippen molar-refractivity contribution < 1.29 is 8.78 Å². The third-order valence-electron chi connectivity index (χ3n) is 3.87. The van der Waals surface area contributed by atoms with Crippen LogP contribution in [0.25, 0.3) is 0 Å². The van der Waals surface area contributed by atoms with Crippen LogP contribution in [0.3, 0.4) is 0 Å². The molecule has 0 bridgehead atoms. The van der Waals surface area contributed by atoms with Gasteiger partial charge in [0, 0.05) is 45.1 Å². The molecule has 2 unspecified atom stereocenters. The van der Waals surface area contributed by atoms with Crippen molar-refractivity contribution in [2.75, 3.05) is 26.2 Å². The Bertz CT molecular complexity index is 239. The largest absolute Gasteiger partial charge is 0.314 e. The average molecular weight is 269 g/mol. The number of alkyl halides is 2. The van der Waals surface area contributed by atoms with E-state index in [4.69, 9.17) is 0 Å². The second-order valence-electron chi connectivity index (χ2n) is 5.37. The molecule has 5 heteroatoms. The molecule has 1 saturated carbocycles. The van der Waals surface area contributed by atoms with Gasteiger partial charge >= 0.3 is 0 Å². The second kappa shape index (κ2) is 6.30. The molecule has 2 atom stereocenters. The highest BCUT2D eigenvalue weighted by Crippen LogP contribution is 2.37. The lowest BCUT2D eigenvalue weighted by Gasteiger charge is -2.38. The minimum Gasteiger partial charge on any atom is -0.314 e. The maximum atomic E-state index is 13.3. The zero-order valence-corrected chi connectivity index (χ0v) is 11.2. The fourth-order valence-corrected chi connectivity index (χ4v) is 2.92. The molecule has 1 aliphatic carbocycles. The Kier molecular flexibility index (Phi) is 5.61. The van der Waals surface area contributed by atoms with Crippen molar-refractivity contribution in [1.29, 1.82) is 0 Å². The van der Waals surface area contributed by atoms with Gasteiger partial charge in [0.15, 0.2) is 0 Å². The summed E-state index contributed by atoms with van der Waals surface area (Å²) in [4.78, 5) is 2.36. The third kappa shape index (κ3) is 4.34. The zero-order valence-electron chi connectivity index (χ0n) is 10.4. The molecule has 1 saturated heterocycles. The lowest BCUT2D eigenvalue weighted by Crippen LogP contribution is -2.51. The van der Waals surface area contributed by atoms with E-state index in [9.17, 15) is 8.78 Å². The Balaban J connectivity index is 0.00000144. The highest BCUT2D eigenvalue weighted by atomic mass is 35.5. The van der Waals surface area contributed by atoms with E-state index in [1.54, 1.807) is 0 Å². The summed E-state index contributed by atoms with van der Waals surface area (Å²) in [7, 11) is 0. The van der Waals surface area contributed by atoms with Gasteiger partial charge < -0.3 is 5.32 Å². The van der Waals surface area contributed by atoms with Crippen LogP contribution in [0.15, 0.2) is 0 Å². The SMILES string of the molecule is CC1CNCCN1CC1CCCC(F)(F)C1.Cl. The summed E-state index contributed by atoms with van der Waals surface area (Å²) in [5.41, 5.74) is 0. The van der Waals surface area contributed by atoms with E-state index in [0.717, 1.165) is 32.6 Å². The van der Waals surface area contributed by atoms with Crippen LogP contribution in [0.5, 0.6) is 0 Å². The lowest BCUT2D eigenvalue weighted by atomic mass is 9.86. The molecular formula is C12H23ClF2N2. The minimum atomic E-state index is -2.40. The maximum Gasteiger partial charge on any atom is 0.248 e. The Morgan fingerprint density at radius 3 is 2.82 bits per heavy atom. The normalized spacial score (nSPS) is 34.1. The molecule has 1 heterocycles. The Hall–Kier alpha value is 0.0700. The number of halogens is 3. The first-order valence-electron chi connectivity index (χ1n) is 6.39. The molecule has 2 nitrogen and oxygen atoms in total. The van der Waals surface area contributed by atoms with Gasteiger partial charge in [0.2, 0.25) is 5.92 Å². The van der Waals surface area contributed by atoms with Gasteiger partial charge in [0.1, 0.15) is 0 Å². The van der Waals surface area contributed by atoms with Crippen molar-refractivity contribution in [2.45, 2.75) is 44.6 Å². The van der Waals surface area contributed by atoms with E-state index in [-0.39, 0.29) is 31.2 Å². The first kappa shape index (κ1) is 15.1. The van der Waals surface area contributed by atoms with Crippen LogP contribution in [-0.4, -0.2) is 43.0 Å². The topological polar surface area (TPSA) is 15.3 Å². The molecule has 1 aliphatic heterocycles. The molecule has 0 spiro atoms. The second-order valence-corrected chi connectivity index (χ2v) is 5.37. The van der Waals surface area contributed by atoms with Gasteiger partial charge in [-0.15, -0.1) is 12.4 Å². The van der Waals surface area contributed by atoms with E-state index in [1.807, 2.05) is 0 Å². The molecule has 0 radical (unpaired) electrons. The zero-order chi connectivity index (χ0) is 11.6. The summed E-state index contributed by atoms with van der Waals surface area (Å²) in [6.45, 7) is 6.02. The standard InChI is InChI=1S/C12H22F2N2.ClH/c1-10-8-15-5-6-16(10)9-11-3-2-4-12(13,14)7-11;/h10-11,15H,2-9H2,1H3;1H. The molecule has 2 fully saturated rings. The molecule has 17 heavy (non-hydrogen) atoms. The van der Waals surface area contributed by atoms with Crippen molar-refractivity contribution in [3.8, 4) is 0 Å². The molecule has 2 aliphatic rings. The summed E-state index contributed by atoms with van der Waals surface area (Å²) >= 11 is 0. The van der Waals surface area contributed by atoms with Crippen LogP contribution in [-0.2, 0) is 0 Å². The molecule has 0 aromatic carbocycles. The van der Waals surface area contributed by atoms with Gasteiger partial charge in [-0.1, -0.05) is 0 Å². The van der Waals surface area contributed by atoms with Crippen LogP contribution in [0.4, 0.5) is 8.78 Å². The Morgan fingerprint density at radius 1 is 1.41 bits per heavy atom. The number of hydrogen-bond donors (Lipinski definition) is 1. The van der Waals surface area contributed by atoms with Crippen molar-refractivity contribution in [1.82, 2.24) is 10.2 Å². The Morgan fingerprint density at radius 2 is 2.18 bits per heavy atom. The molecule has 0 aromatic heterocycles. The number of hydrogen-bond acceptors (Lipinski definition) is 2. The highest BCUT2D eigenvalue weighted by molar-refractivity contribution is 5.85. The first-order chi connectivity index (χ1) is 7.57. The quantitative estimate of drug-likeness (QED) is 0.828. The van der Waals surface area contributed by atoms with Gasteiger partial charge in [-0.3, -0.25) is 4.90 Å². The smallest absolute Gasteiger partial charge is 0.248 e. The van der Waals surface area contributed by atoms with E-state index in [0.29, 0.717) is 12.5 Å². The summed E-state index contributed by atoms with van der Waals surface area (Å²) in [6, 6.07) is 0.490. The lowest BCUT2D eigenvalue weighted by molar-refractivity contribution is -0.0589. The summed E-state index contributed by atoms with van der Waals surface area (Å²) in [5.74, 6) is -2.20. The predicted molar refractivity (Wildman–Crippen MR) is 68.1 cm³/mol. The van der Waals surface area contributed by atoms with E-state index >= 15 is 0 Å². The molecule has 102 valence electrons. The summed E-state index contributed by atoms with van der Waals surface area (Å²) < 4.78 is 26.6. The average Bonchev–Trinajstić information content (AvgIpc) is 2.20. The van der Waals surface area contributed by atoms with Crippen LogP contribution < -0.4 is 5.32 Å². The number of piperazine rings is 1. The van der Waals surface area contributed by atoms with Gasteiger partial charge in [0.05, 0.1) is 0 Å². The van der Waals surface area contributed by atoms with Crippen molar-refractivity contribution in [3.63, 3.8) is 0 Å². The number of rotatable bonds is 2. The van der Waals surface area contributed by atoms with Crippen LogP contribution in [0.2, 0.25) is 0 Å². The monoisotopic (exact) mass is 268 g/mol. The van der Waals surface area contributed by atoms with E-state index in [2.05, 4.69) is 17.1 Å². The van der Waals surface area contributed by atoms with Crippen LogP contribution in [0.1, 0.15) is 32.6 Å². The predicted octanol–water partition coefficient (Wildman–Crippen LogP) is 2.53. The number of nitrogens with one attached hydrogen (secondary N) is 1. The van der Waals surface area contributed by atoms with Crippen LogP contribution in [0, 0.1) is 5.92 Å². The summed E-state index contributed by atoms with van der Waals surface area (Å²) in [5, 5.41) is 3.33. The number of nitrogens with zero attached hydrogens (tertiary/aromatic N) is 1. The third-order valence-corrected chi connectivity index (χ3v) is 3.87. The van der Waals surface area contributed by atoms with Gasteiger partial charge in [-0.25, -0.2) is 8.78 Å². The Labute approximate surface area is 109 Å². The minimum absolute atomic E-state index is 0. The molecule has 0 amide bonds. The summed E-state index contributed by atoms with van der Waals surface area (Å²) in [6.07, 6.45) is 1.87. The van der Waals surface area contributed by atoms with Gasteiger partial charge in [0.25, 0.3) is 0 Å². The van der Waals surface area contributed by atoms with Crippen molar-refractivity contribution in [2.24, 2.45) is 5.92 Å². The fourth-order valence-electron chi connectivity index (χ4n) is 2.92. The van der Waals surface area contributed by atoms with E-state index < -0.39 is 5.92 Å². The van der Waals surface area contributed by atoms with Gasteiger partial charge in [-0.2, -0.15) is 0 Å².